The highest BCUT2D eigenvalue weighted by molar-refractivity contribution is 7.47. The number of carboxylic acids is 1. The molecule has 0 saturated heterocycles. The number of aliphatic hydroxyl groups is 3. The van der Waals surface area contributed by atoms with Crippen molar-refractivity contribution in [1.82, 2.24) is 0 Å². The summed E-state index contributed by atoms with van der Waals surface area (Å²) in [7, 11) is -4.82. The lowest BCUT2D eigenvalue weighted by Crippen LogP contribution is -2.34. The molecule has 57 heavy (non-hydrogen) atoms. The van der Waals surface area contributed by atoms with E-state index in [1.807, 2.05) is 0 Å². The van der Waals surface area contributed by atoms with E-state index in [-0.39, 0.29) is 31.1 Å². The van der Waals surface area contributed by atoms with Crippen LogP contribution in [0.15, 0.2) is 60.8 Å². The third-order valence-electron chi connectivity index (χ3n) is 9.34. The van der Waals surface area contributed by atoms with Crippen molar-refractivity contribution >= 4 is 25.7 Å². The van der Waals surface area contributed by atoms with Gasteiger partial charge >= 0.3 is 25.7 Å². The molecule has 1 aliphatic carbocycles. The molecular formula is C42H70NO13P. The Morgan fingerprint density at radius 1 is 0.789 bits per heavy atom. The number of nitrogens with two attached hydrogens (primary N) is 1. The molecule has 0 spiro atoms. The molecule has 0 radical (unpaired) electrons. The molecule has 8 atom stereocenters. The molecule has 1 saturated carbocycles. The van der Waals surface area contributed by atoms with Crippen molar-refractivity contribution in [3.63, 3.8) is 0 Å². The average Bonchev–Trinajstić information content (AvgIpc) is 3.44. The predicted molar refractivity (Wildman–Crippen MR) is 219 cm³/mol. The Morgan fingerprint density at radius 3 is 2.05 bits per heavy atom. The molecule has 0 aromatic heterocycles. The van der Waals surface area contributed by atoms with Gasteiger partial charge in [0.2, 0.25) is 0 Å². The third-order valence-corrected chi connectivity index (χ3v) is 10.3. The number of unbranched alkanes of at least 4 members (excludes halogenated alkanes) is 7. The van der Waals surface area contributed by atoms with Crippen LogP contribution in [0, 0.1) is 11.8 Å². The first kappa shape index (κ1) is 52.1. The van der Waals surface area contributed by atoms with E-state index in [4.69, 9.17) is 24.8 Å². The summed E-state index contributed by atoms with van der Waals surface area (Å²) in [6.45, 7) is 2.26. The second-order valence-electron chi connectivity index (χ2n) is 14.4. The van der Waals surface area contributed by atoms with E-state index in [2.05, 4.69) is 54.8 Å². The third kappa shape index (κ3) is 26.6. The van der Waals surface area contributed by atoms with Crippen molar-refractivity contribution in [2.75, 3.05) is 19.8 Å². The number of phosphoric ester groups is 1. The van der Waals surface area contributed by atoms with Crippen LogP contribution >= 0.6 is 7.82 Å². The quantitative estimate of drug-likeness (QED) is 0.0174. The Morgan fingerprint density at radius 2 is 1.40 bits per heavy atom. The maximum Gasteiger partial charge on any atom is 0.472 e. The predicted octanol–water partition coefficient (Wildman–Crippen LogP) is 6.77. The summed E-state index contributed by atoms with van der Waals surface area (Å²) in [6, 6.07) is -1.58. The summed E-state index contributed by atoms with van der Waals surface area (Å²) in [5.74, 6) is -3.50. The number of phosphoric acid groups is 1. The van der Waals surface area contributed by atoms with Crippen LogP contribution in [-0.4, -0.2) is 93.5 Å². The first-order valence-corrected chi connectivity index (χ1v) is 22.1. The topological polar surface area (TPSA) is 232 Å². The lowest BCUT2D eigenvalue weighted by atomic mass is 9.89. The lowest BCUT2D eigenvalue weighted by molar-refractivity contribution is -0.160. The highest BCUT2D eigenvalue weighted by atomic mass is 31.2. The lowest BCUT2D eigenvalue weighted by Gasteiger charge is -2.20. The number of aliphatic hydroxyl groups excluding tert-OH is 3. The molecule has 0 aromatic rings. The smallest absolute Gasteiger partial charge is 0.472 e. The van der Waals surface area contributed by atoms with Gasteiger partial charge in [-0.05, 0) is 63.7 Å². The minimum Gasteiger partial charge on any atom is -0.480 e. The fraction of sp³-hybridized carbons (Fsp3) is 0.690. The second kappa shape index (κ2) is 32.0. The zero-order valence-electron chi connectivity index (χ0n) is 34.0. The van der Waals surface area contributed by atoms with Crippen molar-refractivity contribution in [2.45, 2.75) is 153 Å². The second-order valence-corrected chi connectivity index (χ2v) is 15.9. The van der Waals surface area contributed by atoms with E-state index in [1.54, 1.807) is 18.2 Å². The van der Waals surface area contributed by atoms with Crippen LogP contribution in [0.5, 0.6) is 0 Å². The van der Waals surface area contributed by atoms with Crippen molar-refractivity contribution in [3.8, 4) is 0 Å². The van der Waals surface area contributed by atoms with Crippen LogP contribution < -0.4 is 5.73 Å². The van der Waals surface area contributed by atoms with Gasteiger partial charge in [0.1, 0.15) is 12.6 Å². The fourth-order valence-corrected chi connectivity index (χ4v) is 6.76. The number of ether oxygens (including phenoxy) is 2. The summed E-state index contributed by atoms with van der Waals surface area (Å²) in [5, 5.41) is 40.2. The van der Waals surface area contributed by atoms with Crippen molar-refractivity contribution < 1.29 is 62.8 Å². The Labute approximate surface area is 339 Å². The van der Waals surface area contributed by atoms with E-state index in [1.165, 1.54) is 25.3 Å². The molecule has 1 unspecified atom stereocenters. The summed E-state index contributed by atoms with van der Waals surface area (Å²) < 4.78 is 32.5. The van der Waals surface area contributed by atoms with Crippen LogP contribution in [0.2, 0.25) is 0 Å². The first-order valence-electron chi connectivity index (χ1n) is 20.6. The average molecular weight is 828 g/mol. The van der Waals surface area contributed by atoms with Crippen molar-refractivity contribution in [1.29, 1.82) is 0 Å². The summed E-state index contributed by atoms with van der Waals surface area (Å²) >= 11 is 0. The molecule has 1 aliphatic rings. The maximum absolute atomic E-state index is 12.7. The Balaban J connectivity index is 2.63. The van der Waals surface area contributed by atoms with Crippen LogP contribution in [0.4, 0.5) is 0 Å². The van der Waals surface area contributed by atoms with Gasteiger partial charge in [-0.1, -0.05) is 107 Å². The number of carbonyl (C=O) groups is 3. The zero-order valence-corrected chi connectivity index (χ0v) is 34.9. The van der Waals surface area contributed by atoms with Gasteiger partial charge in [0.25, 0.3) is 0 Å². The van der Waals surface area contributed by atoms with Crippen LogP contribution in [0.3, 0.4) is 0 Å². The van der Waals surface area contributed by atoms with E-state index >= 15 is 0 Å². The molecule has 0 aromatic carbocycles. The molecule has 1 fully saturated rings. The SMILES string of the molecule is CCCCC/C=C\C/C=C\C/C=C\CCCCC(=O)OC[C@H](COP(=O)(O)OC[C@H](N)C(=O)O)OC(=O)C/C=C\C[C@H]1[C@@H](/C=C/[C@H](O)CCCCC)[C@H](O)C[C@@H]1O. The number of carboxylic acid groups (broad SMARTS) is 1. The molecule has 0 heterocycles. The molecular weight excluding hydrogens is 757 g/mol. The highest BCUT2D eigenvalue weighted by Crippen LogP contribution is 2.43. The van der Waals surface area contributed by atoms with Gasteiger partial charge in [0.15, 0.2) is 6.10 Å². The number of rotatable bonds is 33. The van der Waals surface area contributed by atoms with Gasteiger partial charge in [-0.15, -0.1) is 0 Å². The number of esters is 2. The normalized spacial score (nSPS) is 21.5. The minimum atomic E-state index is -4.82. The number of hydrogen-bond donors (Lipinski definition) is 6. The van der Waals surface area contributed by atoms with Crippen LogP contribution in [0.1, 0.15) is 123 Å². The highest BCUT2D eigenvalue weighted by Gasteiger charge is 2.39. The Kier molecular flexibility index (Phi) is 29.2. The van der Waals surface area contributed by atoms with E-state index < -0.39 is 76.0 Å². The number of hydrogen-bond acceptors (Lipinski definition) is 12. The van der Waals surface area contributed by atoms with Gasteiger partial charge in [0.05, 0.1) is 37.9 Å². The first-order chi connectivity index (χ1) is 27.3. The standard InChI is InChI=1S/C42H70NO13P/c1-3-5-7-8-9-10-11-12-13-14-15-16-17-18-20-25-40(47)53-30-34(31-54-57(51,52)55-32-37(43)42(49)50)56-41(48)26-22-21-24-35-36(39(46)29-38(35)45)28-27-33(44)23-19-6-4-2/h9-10,12-13,15-16,21-22,27-28,33-39,44-46H,3-8,11,14,17-20,23-26,29-32,43H2,1-2H3,(H,49,50)(H,51,52)/b10-9-,13-12-,16-15-,22-21-,28-27+/t33-,34-,35+,36-,37+,38+,39-/m1/s1. The van der Waals surface area contributed by atoms with E-state index in [0.717, 1.165) is 51.4 Å². The largest absolute Gasteiger partial charge is 0.480 e. The number of aliphatic carboxylic acids is 1. The molecule has 0 bridgehead atoms. The molecule has 326 valence electrons. The monoisotopic (exact) mass is 827 g/mol. The Bertz CT molecular complexity index is 1320. The maximum atomic E-state index is 12.7. The Hall–Kier alpha value is -2.94. The van der Waals surface area contributed by atoms with Crippen LogP contribution in [-0.2, 0) is 37.5 Å². The molecule has 0 aliphatic heterocycles. The molecule has 15 heteroatoms. The number of carbonyl (C=O) groups excluding carboxylic acids is 2. The molecule has 7 N–H and O–H groups in total. The van der Waals surface area contributed by atoms with Gasteiger partial charge in [0, 0.05) is 18.8 Å². The van der Waals surface area contributed by atoms with Gasteiger partial charge in [-0.25, -0.2) is 4.57 Å². The van der Waals surface area contributed by atoms with E-state index in [0.29, 0.717) is 19.3 Å². The van der Waals surface area contributed by atoms with Crippen molar-refractivity contribution in [3.05, 3.63) is 60.8 Å². The minimum absolute atomic E-state index is 0.104. The van der Waals surface area contributed by atoms with Gasteiger partial charge < -0.3 is 40.5 Å². The summed E-state index contributed by atoms with van der Waals surface area (Å²) in [6.07, 6.45) is 28.6. The van der Waals surface area contributed by atoms with E-state index in [9.17, 15) is 39.2 Å². The molecule has 1 rings (SSSR count). The summed E-state index contributed by atoms with van der Waals surface area (Å²) in [4.78, 5) is 46.1. The molecule has 14 nitrogen and oxygen atoms in total. The summed E-state index contributed by atoms with van der Waals surface area (Å²) in [5.41, 5.74) is 5.31. The van der Waals surface area contributed by atoms with Gasteiger partial charge in [-0.2, -0.15) is 0 Å². The van der Waals surface area contributed by atoms with Crippen molar-refractivity contribution in [2.24, 2.45) is 17.6 Å². The zero-order chi connectivity index (χ0) is 42.3. The van der Waals surface area contributed by atoms with Crippen LogP contribution in [0.25, 0.3) is 0 Å². The fourth-order valence-electron chi connectivity index (χ4n) is 5.99. The number of allylic oxidation sites excluding steroid dienone is 7. The molecule has 0 amide bonds. The van der Waals surface area contributed by atoms with Gasteiger partial charge in [-0.3, -0.25) is 23.4 Å².